The topological polar surface area (TPSA) is 38.7 Å². The molecule has 3 rings (SSSR count). The molecule has 1 heterocycles. The smallest absolute Gasteiger partial charge is 0.161 e. The monoisotopic (exact) mass is 334 g/mol. The molecule has 2 aromatic carbocycles. The molecule has 0 saturated heterocycles. The van der Waals surface area contributed by atoms with Crippen LogP contribution in [-0.2, 0) is 0 Å². The van der Waals surface area contributed by atoms with E-state index in [0.29, 0.717) is 19.0 Å². The van der Waals surface area contributed by atoms with Gasteiger partial charge in [-0.05, 0) is 41.8 Å². The molecule has 0 saturated carbocycles. The zero-order valence-electron chi connectivity index (χ0n) is 11.1. The molecule has 0 radical (unpaired) electrons. The van der Waals surface area contributed by atoms with E-state index in [4.69, 9.17) is 9.47 Å². The number of ether oxygens (including phenoxy) is 2. The summed E-state index contributed by atoms with van der Waals surface area (Å²) >= 11 is 3.49. The Balaban J connectivity index is 1.98. The van der Waals surface area contributed by atoms with Crippen LogP contribution in [0, 0.1) is 6.92 Å². The van der Waals surface area contributed by atoms with Gasteiger partial charge in [0, 0.05) is 4.47 Å². The number of rotatable bonds is 2. The van der Waals surface area contributed by atoms with Crippen LogP contribution < -0.4 is 9.47 Å². The van der Waals surface area contributed by atoms with E-state index in [9.17, 15) is 5.11 Å². The van der Waals surface area contributed by atoms with E-state index in [0.717, 1.165) is 26.9 Å². The summed E-state index contributed by atoms with van der Waals surface area (Å²) in [4.78, 5) is 0. The van der Waals surface area contributed by atoms with E-state index in [2.05, 4.69) is 15.9 Å². The quantitative estimate of drug-likeness (QED) is 0.911. The van der Waals surface area contributed by atoms with Crippen molar-refractivity contribution in [2.24, 2.45) is 0 Å². The molecule has 3 nitrogen and oxygen atoms in total. The third-order valence-corrected chi connectivity index (χ3v) is 4.35. The number of aliphatic hydroxyl groups is 1. The lowest BCUT2D eigenvalue weighted by molar-refractivity contribution is 0.169. The number of fused-ring (bicyclic) bond motifs is 1. The normalized spacial score (nSPS) is 14.9. The minimum atomic E-state index is -0.677. The van der Waals surface area contributed by atoms with E-state index in [-0.39, 0.29) is 0 Å². The van der Waals surface area contributed by atoms with Gasteiger partial charge in [-0.3, -0.25) is 0 Å². The van der Waals surface area contributed by atoms with E-state index < -0.39 is 6.10 Å². The molecule has 0 spiro atoms. The van der Waals surface area contributed by atoms with Gasteiger partial charge in [-0.25, -0.2) is 0 Å². The predicted molar refractivity (Wildman–Crippen MR) is 80.4 cm³/mol. The third-order valence-electron chi connectivity index (χ3n) is 3.49. The number of hydrogen-bond donors (Lipinski definition) is 1. The molecule has 4 heteroatoms. The molecular formula is C16H15BrO3. The average molecular weight is 335 g/mol. The number of benzene rings is 2. The van der Waals surface area contributed by atoms with Gasteiger partial charge in [0.1, 0.15) is 19.3 Å². The Morgan fingerprint density at radius 2 is 1.85 bits per heavy atom. The fourth-order valence-corrected chi connectivity index (χ4v) is 2.71. The Morgan fingerprint density at radius 3 is 2.65 bits per heavy atom. The van der Waals surface area contributed by atoms with Crippen molar-refractivity contribution in [1.29, 1.82) is 0 Å². The van der Waals surface area contributed by atoms with Crippen molar-refractivity contribution in [3.63, 3.8) is 0 Å². The van der Waals surface area contributed by atoms with Crippen LogP contribution in [0.5, 0.6) is 11.5 Å². The highest BCUT2D eigenvalue weighted by molar-refractivity contribution is 9.10. The number of hydrogen-bond acceptors (Lipinski definition) is 3. The largest absolute Gasteiger partial charge is 0.486 e. The van der Waals surface area contributed by atoms with Crippen LogP contribution in [0.4, 0.5) is 0 Å². The van der Waals surface area contributed by atoms with Gasteiger partial charge in [-0.2, -0.15) is 0 Å². The first-order valence-electron chi connectivity index (χ1n) is 6.49. The maximum atomic E-state index is 10.6. The van der Waals surface area contributed by atoms with Crippen LogP contribution >= 0.6 is 15.9 Å². The minimum absolute atomic E-state index is 0.544. The van der Waals surface area contributed by atoms with Crippen LogP contribution in [0.15, 0.2) is 40.9 Å². The second-order valence-corrected chi connectivity index (χ2v) is 5.61. The Bertz CT molecular complexity index is 640. The lowest BCUT2D eigenvalue weighted by Gasteiger charge is -2.21. The maximum Gasteiger partial charge on any atom is 0.161 e. The molecule has 1 unspecified atom stereocenters. The van der Waals surface area contributed by atoms with Crippen molar-refractivity contribution in [2.75, 3.05) is 13.2 Å². The van der Waals surface area contributed by atoms with Crippen molar-refractivity contribution >= 4 is 15.9 Å². The van der Waals surface area contributed by atoms with Crippen molar-refractivity contribution < 1.29 is 14.6 Å². The Morgan fingerprint density at radius 1 is 1.10 bits per heavy atom. The minimum Gasteiger partial charge on any atom is -0.486 e. The fraction of sp³-hybridized carbons (Fsp3) is 0.250. The first-order valence-corrected chi connectivity index (χ1v) is 7.29. The Hall–Kier alpha value is -1.52. The summed E-state index contributed by atoms with van der Waals surface area (Å²) in [6, 6.07) is 11.4. The molecule has 104 valence electrons. The van der Waals surface area contributed by atoms with Gasteiger partial charge in [0.25, 0.3) is 0 Å². The fourth-order valence-electron chi connectivity index (χ4n) is 2.33. The van der Waals surface area contributed by atoms with E-state index >= 15 is 0 Å². The molecule has 20 heavy (non-hydrogen) atoms. The summed E-state index contributed by atoms with van der Waals surface area (Å²) in [5.74, 6) is 1.43. The molecule has 2 aromatic rings. The molecule has 0 aliphatic carbocycles. The molecule has 1 atom stereocenters. The third kappa shape index (κ3) is 2.41. The second-order valence-electron chi connectivity index (χ2n) is 4.76. The maximum absolute atomic E-state index is 10.6. The van der Waals surface area contributed by atoms with Crippen LogP contribution in [-0.4, -0.2) is 18.3 Å². The molecule has 0 bridgehead atoms. The first kappa shape index (κ1) is 13.5. The highest BCUT2D eigenvalue weighted by atomic mass is 79.9. The van der Waals surface area contributed by atoms with E-state index in [1.165, 1.54) is 0 Å². The number of halogens is 1. The second kappa shape index (κ2) is 5.46. The van der Waals surface area contributed by atoms with Crippen molar-refractivity contribution in [3.05, 3.63) is 57.6 Å². The zero-order valence-corrected chi connectivity index (χ0v) is 12.7. The molecule has 0 fully saturated rings. The SMILES string of the molecule is Cc1c(Br)cccc1C(O)c1ccc2c(c1)OCCO2. The zero-order chi connectivity index (χ0) is 14.1. The number of aliphatic hydroxyl groups excluding tert-OH is 1. The molecule has 1 aliphatic rings. The highest BCUT2D eigenvalue weighted by Crippen LogP contribution is 2.35. The van der Waals surface area contributed by atoms with Gasteiger partial charge in [0.2, 0.25) is 0 Å². The lowest BCUT2D eigenvalue weighted by Crippen LogP contribution is -2.15. The molecular weight excluding hydrogens is 320 g/mol. The standard InChI is InChI=1S/C16H15BrO3/c1-10-12(3-2-4-13(10)17)16(18)11-5-6-14-15(9-11)20-8-7-19-14/h2-6,9,16,18H,7-8H2,1H3. The van der Waals surface area contributed by atoms with Crippen LogP contribution in [0.25, 0.3) is 0 Å². The summed E-state index contributed by atoms with van der Waals surface area (Å²) in [7, 11) is 0. The van der Waals surface area contributed by atoms with Crippen LogP contribution in [0.2, 0.25) is 0 Å². The lowest BCUT2D eigenvalue weighted by atomic mass is 9.97. The molecule has 1 N–H and O–H groups in total. The van der Waals surface area contributed by atoms with E-state index in [1.54, 1.807) is 0 Å². The highest BCUT2D eigenvalue weighted by Gasteiger charge is 2.18. The van der Waals surface area contributed by atoms with Gasteiger partial charge >= 0.3 is 0 Å². The summed E-state index contributed by atoms with van der Waals surface area (Å²) in [6.45, 7) is 3.10. The Kier molecular flexibility index (Phi) is 3.68. The Labute approximate surface area is 126 Å². The van der Waals surface area contributed by atoms with Crippen molar-refractivity contribution in [1.82, 2.24) is 0 Å². The van der Waals surface area contributed by atoms with Crippen molar-refractivity contribution in [2.45, 2.75) is 13.0 Å². The summed E-state index contributed by atoms with van der Waals surface area (Å²) in [6.07, 6.45) is -0.677. The van der Waals surface area contributed by atoms with Crippen molar-refractivity contribution in [3.8, 4) is 11.5 Å². The first-order chi connectivity index (χ1) is 9.66. The average Bonchev–Trinajstić information content (AvgIpc) is 2.49. The molecule has 0 aromatic heterocycles. The molecule has 0 amide bonds. The predicted octanol–water partition coefficient (Wildman–Crippen LogP) is 3.61. The summed E-state index contributed by atoms with van der Waals surface area (Å²) in [5.41, 5.74) is 2.72. The van der Waals surface area contributed by atoms with Gasteiger partial charge in [-0.15, -0.1) is 0 Å². The summed E-state index contributed by atoms with van der Waals surface area (Å²) in [5, 5.41) is 10.6. The van der Waals surface area contributed by atoms with Gasteiger partial charge in [0.15, 0.2) is 11.5 Å². The summed E-state index contributed by atoms with van der Waals surface area (Å²) < 4.78 is 12.0. The van der Waals surface area contributed by atoms with Gasteiger partial charge < -0.3 is 14.6 Å². The molecule has 1 aliphatic heterocycles. The van der Waals surface area contributed by atoms with Crippen LogP contribution in [0.1, 0.15) is 22.8 Å². The van der Waals surface area contributed by atoms with Crippen LogP contribution in [0.3, 0.4) is 0 Å². The van der Waals surface area contributed by atoms with E-state index in [1.807, 2.05) is 43.3 Å². The van der Waals surface area contributed by atoms with Gasteiger partial charge in [-0.1, -0.05) is 34.1 Å². The van der Waals surface area contributed by atoms with Gasteiger partial charge in [0.05, 0.1) is 0 Å².